The third-order valence-electron chi connectivity index (χ3n) is 5.08. The maximum Gasteiger partial charge on any atom is 0.182 e. The fourth-order valence-corrected chi connectivity index (χ4v) is 4.91. The molecule has 7 heteroatoms. The van der Waals surface area contributed by atoms with Gasteiger partial charge in [0, 0.05) is 18.8 Å². The van der Waals surface area contributed by atoms with Gasteiger partial charge >= 0.3 is 0 Å². The van der Waals surface area contributed by atoms with Gasteiger partial charge in [-0.1, -0.05) is 24.3 Å². The molecule has 1 aliphatic heterocycles. The van der Waals surface area contributed by atoms with E-state index < -0.39 is 15.7 Å². The zero-order valence-corrected chi connectivity index (χ0v) is 17.1. The van der Waals surface area contributed by atoms with Gasteiger partial charge in [-0.2, -0.15) is 0 Å². The van der Waals surface area contributed by atoms with Crippen LogP contribution >= 0.6 is 0 Å². The molecule has 156 valence electrons. The van der Waals surface area contributed by atoms with Crippen LogP contribution in [0.2, 0.25) is 0 Å². The van der Waals surface area contributed by atoms with Gasteiger partial charge in [-0.3, -0.25) is 0 Å². The summed E-state index contributed by atoms with van der Waals surface area (Å²) in [6.07, 6.45) is 0. The molecule has 3 aromatic rings. The highest BCUT2D eigenvalue weighted by molar-refractivity contribution is 7.90. The van der Waals surface area contributed by atoms with Crippen molar-refractivity contribution < 1.29 is 22.7 Å². The van der Waals surface area contributed by atoms with Crippen molar-refractivity contribution in [3.8, 4) is 16.9 Å². The number of hydrogen-bond donors (Lipinski definition) is 1. The van der Waals surface area contributed by atoms with Gasteiger partial charge in [0.1, 0.15) is 11.6 Å². The lowest BCUT2D eigenvalue weighted by atomic mass is 10.0. The smallest absolute Gasteiger partial charge is 0.182 e. The fraction of sp³-hybridized carbons (Fsp3) is 0.217. The van der Waals surface area contributed by atoms with Crippen molar-refractivity contribution >= 4 is 15.5 Å². The first-order valence-corrected chi connectivity index (χ1v) is 11.3. The van der Waals surface area contributed by atoms with Gasteiger partial charge in [0.05, 0.1) is 23.9 Å². The predicted molar refractivity (Wildman–Crippen MR) is 114 cm³/mol. The van der Waals surface area contributed by atoms with E-state index in [1.54, 1.807) is 30.3 Å². The number of aromatic hydroxyl groups is 1. The molecule has 0 radical (unpaired) electrons. The molecule has 1 fully saturated rings. The highest BCUT2D eigenvalue weighted by atomic mass is 32.2. The quantitative estimate of drug-likeness (QED) is 0.667. The molecule has 0 spiro atoms. The van der Waals surface area contributed by atoms with Crippen molar-refractivity contribution in [3.63, 3.8) is 0 Å². The number of anilines is 1. The SMILES string of the molecule is O=S(=O)(Cc1ccc(F)cc1)c1cc(-c2cccc(O)c2)cc(N2CCOCC2)c1. The van der Waals surface area contributed by atoms with Gasteiger partial charge in [0.15, 0.2) is 9.84 Å². The second-order valence-corrected chi connectivity index (χ2v) is 9.24. The summed E-state index contributed by atoms with van der Waals surface area (Å²) in [6.45, 7) is 2.49. The Balaban J connectivity index is 1.77. The minimum absolute atomic E-state index is 0.111. The molecule has 0 aliphatic carbocycles. The molecule has 1 heterocycles. The Kier molecular flexibility index (Phi) is 5.74. The first-order valence-electron chi connectivity index (χ1n) is 9.65. The highest BCUT2D eigenvalue weighted by Gasteiger charge is 2.20. The zero-order chi connectivity index (χ0) is 21.1. The summed E-state index contributed by atoms with van der Waals surface area (Å²) in [7, 11) is -3.67. The van der Waals surface area contributed by atoms with Crippen molar-refractivity contribution in [2.45, 2.75) is 10.6 Å². The Morgan fingerprint density at radius 3 is 2.37 bits per heavy atom. The molecule has 0 amide bonds. The Morgan fingerprint density at radius 2 is 1.67 bits per heavy atom. The number of morpholine rings is 1. The number of phenolic OH excluding ortho intramolecular Hbond substituents is 1. The Labute approximate surface area is 175 Å². The standard InChI is InChI=1S/C23H22FNO4S/c24-20-6-4-17(5-7-20)16-30(27,28)23-14-19(18-2-1-3-22(26)13-18)12-21(15-23)25-8-10-29-11-9-25/h1-7,12-15,26H,8-11,16H2. The molecule has 0 bridgehead atoms. The molecule has 1 aliphatic rings. The molecular weight excluding hydrogens is 405 g/mol. The number of ether oxygens (including phenoxy) is 1. The molecule has 4 rings (SSSR count). The molecule has 0 unspecified atom stereocenters. The molecule has 1 saturated heterocycles. The normalized spacial score (nSPS) is 14.6. The maximum absolute atomic E-state index is 13.2. The largest absolute Gasteiger partial charge is 0.508 e. The minimum Gasteiger partial charge on any atom is -0.508 e. The Morgan fingerprint density at radius 1 is 0.933 bits per heavy atom. The van der Waals surface area contributed by atoms with Crippen molar-refractivity contribution in [1.29, 1.82) is 0 Å². The summed E-state index contributed by atoms with van der Waals surface area (Å²) in [5.74, 6) is -0.518. The number of sulfone groups is 1. The average Bonchev–Trinajstić information content (AvgIpc) is 2.75. The van der Waals surface area contributed by atoms with E-state index in [-0.39, 0.29) is 16.4 Å². The number of nitrogens with zero attached hydrogens (tertiary/aromatic N) is 1. The number of hydrogen-bond acceptors (Lipinski definition) is 5. The Hall–Kier alpha value is -2.90. The number of rotatable bonds is 5. The van der Waals surface area contributed by atoms with Crippen LogP contribution in [0.3, 0.4) is 0 Å². The molecule has 5 nitrogen and oxygen atoms in total. The van der Waals surface area contributed by atoms with Crippen molar-refractivity contribution in [3.05, 3.63) is 78.1 Å². The van der Waals surface area contributed by atoms with Crippen LogP contribution in [0.4, 0.5) is 10.1 Å². The van der Waals surface area contributed by atoms with E-state index in [1.165, 1.54) is 24.3 Å². The van der Waals surface area contributed by atoms with E-state index in [0.29, 0.717) is 37.4 Å². The van der Waals surface area contributed by atoms with E-state index in [9.17, 15) is 17.9 Å². The van der Waals surface area contributed by atoms with Crippen molar-refractivity contribution in [2.24, 2.45) is 0 Å². The van der Waals surface area contributed by atoms with E-state index >= 15 is 0 Å². The van der Waals surface area contributed by atoms with Crippen LogP contribution in [0.1, 0.15) is 5.56 Å². The summed E-state index contributed by atoms with van der Waals surface area (Å²) in [5, 5.41) is 9.86. The number of phenols is 1. The molecule has 0 saturated carbocycles. The predicted octanol–water partition coefficient (Wildman–Crippen LogP) is 4.01. The van der Waals surface area contributed by atoms with E-state index in [0.717, 1.165) is 11.3 Å². The molecule has 0 atom stereocenters. The van der Waals surface area contributed by atoms with Crippen LogP contribution in [-0.2, 0) is 20.3 Å². The number of halogens is 1. The van der Waals surface area contributed by atoms with Crippen LogP contribution in [0, 0.1) is 5.82 Å². The third kappa shape index (κ3) is 4.63. The summed E-state index contributed by atoms with van der Waals surface area (Å²) in [4.78, 5) is 2.28. The maximum atomic E-state index is 13.2. The first-order chi connectivity index (χ1) is 14.4. The average molecular weight is 427 g/mol. The second kappa shape index (κ2) is 8.45. The van der Waals surface area contributed by atoms with Crippen molar-refractivity contribution in [1.82, 2.24) is 0 Å². The molecule has 3 aromatic carbocycles. The van der Waals surface area contributed by atoms with Crippen LogP contribution in [0.5, 0.6) is 5.75 Å². The third-order valence-corrected chi connectivity index (χ3v) is 6.74. The van der Waals surface area contributed by atoms with E-state index in [4.69, 9.17) is 4.74 Å². The lowest BCUT2D eigenvalue weighted by molar-refractivity contribution is 0.122. The van der Waals surface area contributed by atoms with Gasteiger partial charge in [0.25, 0.3) is 0 Å². The summed E-state index contributed by atoms with van der Waals surface area (Å²) >= 11 is 0. The van der Waals surface area contributed by atoms with Crippen LogP contribution < -0.4 is 4.90 Å². The number of benzene rings is 3. The van der Waals surface area contributed by atoms with Crippen molar-refractivity contribution in [2.75, 3.05) is 31.2 Å². The van der Waals surface area contributed by atoms with Crippen LogP contribution in [0.15, 0.2) is 71.6 Å². The highest BCUT2D eigenvalue weighted by Crippen LogP contribution is 2.32. The van der Waals surface area contributed by atoms with Crippen LogP contribution in [-0.4, -0.2) is 39.8 Å². The van der Waals surface area contributed by atoms with Gasteiger partial charge < -0.3 is 14.7 Å². The summed E-state index contributed by atoms with van der Waals surface area (Å²) < 4.78 is 45.0. The van der Waals surface area contributed by atoms with Gasteiger partial charge in [-0.25, -0.2) is 12.8 Å². The summed E-state index contributed by atoms with van der Waals surface area (Å²) in [5.41, 5.74) is 2.74. The lowest BCUT2D eigenvalue weighted by Gasteiger charge is -2.29. The van der Waals surface area contributed by atoms with E-state index in [1.807, 2.05) is 12.1 Å². The topological polar surface area (TPSA) is 66.8 Å². The zero-order valence-electron chi connectivity index (χ0n) is 16.3. The van der Waals surface area contributed by atoms with Gasteiger partial charge in [-0.15, -0.1) is 0 Å². The fourth-order valence-electron chi connectivity index (χ4n) is 3.50. The monoisotopic (exact) mass is 427 g/mol. The molecule has 1 N–H and O–H groups in total. The minimum atomic E-state index is -3.67. The summed E-state index contributed by atoms with van der Waals surface area (Å²) in [6, 6.07) is 17.4. The van der Waals surface area contributed by atoms with Crippen LogP contribution in [0.25, 0.3) is 11.1 Å². The lowest BCUT2D eigenvalue weighted by Crippen LogP contribution is -2.36. The molecule has 0 aromatic heterocycles. The first kappa shape index (κ1) is 20.4. The van der Waals surface area contributed by atoms with Gasteiger partial charge in [-0.05, 0) is 59.2 Å². The van der Waals surface area contributed by atoms with Gasteiger partial charge in [0.2, 0.25) is 0 Å². The van der Waals surface area contributed by atoms with E-state index in [2.05, 4.69) is 4.90 Å². The molecule has 30 heavy (non-hydrogen) atoms. The Bertz CT molecular complexity index is 1140. The molecular formula is C23H22FNO4S. The second-order valence-electron chi connectivity index (χ2n) is 7.25.